The highest BCUT2D eigenvalue weighted by Crippen LogP contribution is 2.32. The van der Waals surface area contributed by atoms with Crippen LogP contribution in [0.1, 0.15) is 19.8 Å². The molecule has 1 atom stereocenters. The zero-order valence-electron chi connectivity index (χ0n) is 16.0. The molecule has 7 nitrogen and oxygen atoms in total. The molecule has 29 heavy (non-hydrogen) atoms. The van der Waals surface area contributed by atoms with Crippen LogP contribution >= 0.6 is 23.7 Å². The summed E-state index contributed by atoms with van der Waals surface area (Å²) in [6.45, 7) is 3.87. The van der Waals surface area contributed by atoms with Crippen molar-refractivity contribution >= 4 is 39.7 Å². The number of carboxylic acids is 1. The Bertz CT molecular complexity index is 909. The quantitative estimate of drug-likeness (QED) is 0.559. The van der Waals surface area contributed by atoms with Crippen LogP contribution in [0.25, 0.3) is 10.4 Å². The number of hydrogen-bond acceptors (Lipinski definition) is 6. The summed E-state index contributed by atoms with van der Waals surface area (Å²) >= 11 is 1.12. The van der Waals surface area contributed by atoms with Crippen LogP contribution in [0.3, 0.4) is 0 Å². The minimum Gasteiger partial charge on any atom is -0.494 e. The van der Waals surface area contributed by atoms with Crippen molar-refractivity contribution in [2.75, 3.05) is 19.7 Å². The lowest BCUT2D eigenvalue weighted by molar-refractivity contribution is -0.140. The van der Waals surface area contributed by atoms with E-state index >= 15 is 0 Å². The van der Waals surface area contributed by atoms with Crippen molar-refractivity contribution < 1.29 is 23.1 Å². The van der Waals surface area contributed by atoms with Crippen LogP contribution in [-0.2, 0) is 14.8 Å². The van der Waals surface area contributed by atoms with Crippen molar-refractivity contribution in [2.24, 2.45) is 5.92 Å². The van der Waals surface area contributed by atoms with E-state index in [0.717, 1.165) is 27.5 Å². The van der Waals surface area contributed by atoms with Crippen LogP contribution in [0.15, 0.2) is 40.6 Å². The molecule has 160 valence electrons. The molecule has 3 rings (SSSR count). The smallest absolute Gasteiger partial charge is 0.322 e. The zero-order valence-corrected chi connectivity index (χ0v) is 18.4. The van der Waals surface area contributed by atoms with Crippen molar-refractivity contribution in [1.29, 1.82) is 0 Å². The maximum atomic E-state index is 12.8. The van der Waals surface area contributed by atoms with E-state index in [-0.39, 0.29) is 22.5 Å². The fourth-order valence-corrected chi connectivity index (χ4v) is 5.84. The van der Waals surface area contributed by atoms with E-state index < -0.39 is 22.0 Å². The molecule has 1 saturated heterocycles. The maximum Gasteiger partial charge on any atom is 0.322 e. The molecule has 1 aliphatic rings. The number of piperidine rings is 1. The summed E-state index contributed by atoms with van der Waals surface area (Å²) in [5.74, 6) is -0.610. The van der Waals surface area contributed by atoms with E-state index in [4.69, 9.17) is 4.74 Å². The highest BCUT2D eigenvalue weighted by atomic mass is 35.5. The largest absolute Gasteiger partial charge is 0.494 e. The maximum absolute atomic E-state index is 12.8. The van der Waals surface area contributed by atoms with Gasteiger partial charge in [-0.05, 0) is 80.7 Å². The van der Waals surface area contributed by atoms with Crippen LogP contribution in [0.4, 0.5) is 0 Å². The fraction of sp³-hybridized carbons (Fsp3) is 0.421. The normalized spacial score (nSPS) is 16.0. The van der Waals surface area contributed by atoms with Crippen LogP contribution in [0, 0.1) is 5.92 Å². The third-order valence-electron chi connectivity index (χ3n) is 4.70. The first kappa shape index (κ1) is 23.6. The van der Waals surface area contributed by atoms with Gasteiger partial charge in [0.25, 0.3) is 10.0 Å². The first-order valence-corrected chi connectivity index (χ1v) is 11.5. The fourth-order valence-electron chi connectivity index (χ4n) is 3.25. The second-order valence-corrected chi connectivity index (χ2v) is 9.63. The van der Waals surface area contributed by atoms with Crippen molar-refractivity contribution in [3.05, 3.63) is 36.4 Å². The van der Waals surface area contributed by atoms with Crippen molar-refractivity contribution in [1.82, 2.24) is 10.0 Å². The number of ether oxygens (including phenoxy) is 1. The number of sulfonamides is 1. The Kier molecular flexibility index (Phi) is 8.47. The number of hydrogen-bond donors (Lipinski definition) is 3. The van der Waals surface area contributed by atoms with Crippen LogP contribution in [-0.4, -0.2) is 45.2 Å². The molecule has 1 aromatic carbocycles. The Morgan fingerprint density at radius 1 is 1.24 bits per heavy atom. The minimum atomic E-state index is -3.92. The molecule has 0 amide bonds. The Labute approximate surface area is 180 Å². The summed E-state index contributed by atoms with van der Waals surface area (Å²) in [5.41, 5.74) is 0.878. The van der Waals surface area contributed by atoms with Gasteiger partial charge in [0.05, 0.1) is 6.61 Å². The molecule has 2 heterocycles. The molecular formula is C19H25ClN2O5S2. The molecule has 1 fully saturated rings. The third-order valence-corrected chi connectivity index (χ3v) is 7.77. The lowest BCUT2D eigenvalue weighted by Gasteiger charge is -2.28. The molecule has 1 aromatic heterocycles. The van der Waals surface area contributed by atoms with Gasteiger partial charge in [-0.3, -0.25) is 4.79 Å². The molecule has 0 bridgehead atoms. The number of aliphatic carboxylic acids is 1. The lowest BCUT2D eigenvalue weighted by atomic mass is 9.91. The van der Waals surface area contributed by atoms with Gasteiger partial charge in [0, 0.05) is 4.88 Å². The predicted molar refractivity (Wildman–Crippen MR) is 116 cm³/mol. The number of benzene rings is 1. The molecule has 0 unspecified atom stereocenters. The second kappa shape index (κ2) is 10.4. The average molecular weight is 461 g/mol. The molecule has 0 spiro atoms. The van der Waals surface area contributed by atoms with Gasteiger partial charge in [0.2, 0.25) is 0 Å². The van der Waals surface area contributed by atoms with E-state index in [1.165, 1.54) is 6.07 Å². The molecule has 3 N–H and O–H groups in total. The number of halogens is 1. The summed E-state index contributed by atoms with van der Waals surface area (Å²) < 4.78 is 33.5. The average Bonchev–Trinajstić information content (AvgIpc) is 3.19. The van der Waals surface area contributed by atoms with Gasteiger partial charge in [-0.15, -0.1) is 23.7 Å². The summed E-state index contributed by atoms with van der Waals surface area (Å²) in [6, 6.07) is 9.54. The second-order valence-electron chi connectivity index (χ2n) is 6.60. The van der Waals surface area contributed by atoms with Crippen molar-refractivity contribution in [3.8, 4) is 16.2 Å². The van der Waals surface area contributed by atoms with Crippen LogP contribution in [0.5, 0.6) is 5.75 Å². The molecule has 10 heteroatoms. The van der Waals surface area contributed by atoms with Crippen LogP contribution < -0.4 is 14.8 Å². The number of carboxylic acid groups (broad SMARTS) is 1. The summed E-state index contributed by atoms with van der Waals surface area (Å²) in [5, 5.41) is 12.7. The monoisotopic (exact) mass is 460 g/mol. The van der Waals surface area contributed by atoms with E-state index in [0.29, 0.717) is 32.5 Å². The standard InChI is InChI=1S/C19H24N2O5S2.ClH/c1-2-26-15-5-3-13(4-6-15)16-7-8-17(27-16)28(24,25)21-18(19(22)23)14-9-11-20-12-10-14;/h3-8,14,18,20-21H,2,9-12H2,1H3,(H,22,23);1H/t18-;/m1./s1. The van der Waals surface area contributed by atoms with Gasteiger partial charge >= 0.3 is 5.97 Å². The van der Waals surface area contributed by atoms with Gasteiger partial charge < -0.3 is 15.2 Å². The zero-order chi connectivity index (χ0) is 20.1. The Hall–Kier alpha value is -1.65. The Morgan fingerprint density at radius 2 is 1.90 bits per heavy atom. The highest BCUT2D eigenvalue weighted by Gasteiger charge is 2.34. The van der Waals surface area contributed by atoms with E-state index in [9.17, 15) is 18.3 Å². The highest BCUT2D eigenvalue weighted by molar-refractivity contribution is 7.91. The Balaban J connectivity index is 0.00000300. The van der Waals surface area contributed by atoms with Gasteiger partial charge in [0.15, 0.2) is 0 Å². The first-order valence-electron chi connectivity index (χ1n) is 9.19. The predicted octanol–water partition coefficient (Wildman–Crippen LogP) is 2.97. The SMILES string of the molecule is CCOc1ccc(-c2ccc(S(=O)(=O)N[C@@H](C(=O)O)C3CCNCC3)s2)cc1.Cl. The minimum absolute atomic E-state index is 0. The third kappa shape index (κ3) is 5.93. The van der Waals surface area contributed by atoms with Gasteiger partial charge in [0.1, 0.15) is 16.0 Å². The number of rotatable bonds is 8. The molecule has 1 aliphatic heterocycles. The molecule has 0 radical (unpaired) electrons. The molecular weight excluding hydrogens is 436 g/mol. The number of carbonyl (C=O) groups is 1. The molecule has 0 saturated carbocycles. The van der Waals surface area contributed by atoms with Crippen molar-refractivity contribution in [3.63, 3.8) is 0 Å². The number of nitrogens with one attached hydrogen (secondary N) is 2. The van der Waals surface area contributed by atoms with Gasteiger partial charge in [-0.25, -0.2) is 8.42 Å². The topological polar surface area (TPSA) is 105 Å². The van der Waals surface area contributed by atoms with Crippen molar-refractivity contribution in [2.45, 2.75) is 30.0 Å². The Morgan fingerprint density at radius 3 is 2.48 bits per heavy atom. The summed E-state index contributed by atoms with van der Waals surface area (Å²) in [6.07, 6.45) is 1.25. The molecule has 2 aromatic rings. The summed E-state index contributed by atoms with van der Waals surface area (Å²) in [4.78, 5) is 12.5. The number of thiophene rings is 1. The van der Waals surface area contributed by atoms with E-state index in [2.05, 4.69) is 10.0 Å². The molecule has 0 aliphatic carbocycles. The van der Waals surface area contributed by atoms with E-state index in [1.807, 2.05) is 31.2 Å². The first-order chi connectivity index (χ1) is 13.4. The van der Waals surface area contributed by atoms with Crippen LogP contribution in [0.2, 0.25) is 0 Å². The lowest BCUT2D eigenvalue weighted by Crippen LogP contribution is -2.48. The summed E-state index contributed by atoms with van der Waals surface area (Å²) in [7, 11) is -3.92. The van der Waals surface area contributed by atoms with Gasteiger partial charge in [-0.1, -0.05) is 0 Å². The van der Waals surface area contributed by atoms with E-state index in [1.54, 1.807) is 6.07 Å². The van der Waals surface area contributed by atoms with Gasteiger partial charge in [-0.2, -0.15) is 4.72 Å².